The van der Waals surface area contributed by atoms with Gasteiger partial charge in [-0.05, 0) is 53.6 Å². The van der Waals surface area contributed by atoms with Crippen molar-refractivity contribution in [2.24, 2.45) is 11.8 Å². The molecule has 2 atom stereocenters. The first kappa shape index (κ1) is 20.1. The van der Waals surface area contributed by atoms with Crippen LogP contribution in [0, 0.1) is 11.8 Å². The van der Waals surface area contributed by atoms with Gasteiger partial charge in [-0.3, -0.25) is 9.59 Å². The topological polar surface area (TPSA) is 85.9 Å². The van der Waals surface area contributed by atoms with E-state index in [1.165, 1.54) is 0 Å². The Morgan fingerprint density at radius 1 is 0.840 bits per heavy atom. The van der Waals surface area contributed by atoms with Crippen molar-refractivity contribution >= 4 is 11.9 Å². The number of nitrogens with one attached hydrogen (secondary N) is 2. The first-order valence-corrected chi connectivity index (χ1v) is 9.13. The van der Waals surface area contributed by atoms with E-state index < -0.39 is 11.2 Å². The van der Waals surface area contributed by atoms with E-state index in [0.29, 0.717) is 13.1 Å². The molecule has 0 radical (unpaired) electrons. The first-order chi connectivity index (χ1) is 11.7. The fourth-order valence-electron chi connectivity index (χ4n) is 3.02. The minimum atomic E-state index is -0.713. The van der Waals surface area contributed by atoms with Crippen molar-refractivity contribution in [2.45, 2.75) is 51.7 Å². The molecule has 2 N–H and O–H groups in total. The number of hydrogen-bond donors (Lipinski definition) is 2. The largest absolute Gasteiger partial charge is 0.457 e. The van der Waals surface area contributed by atoms with Crippen LogP contribution in [0.25, 0.3) is 0 Å². The van der Waals surface area contributed by atoms with Crippen LogP contribution in [-0.4, -0.2) is 62.5 Å². The van der Waals surface area contributed by atoms with E-state index in [2.05, 4.69) is 10.6 Å². The Kier molecular flexibility index (Phi) is 6.82. The number of hydrogen-bond acceptors (Lipinski definition) is 7. The number of carbonyl (C=O) groups excluding carboxylic acids is 2. The van der Waals surface area contributed by atoms with E-state index in [9.17, 15) is 9.59 Å². The maximum absolute atomic E-state index is 12.1. The predicted octanol–water partition coefficient (Wildman–Crippen LogP) is 0.866. The molecule has 0 aliphatic carbocycles. The first-order valence-electron chi connectivity index (χ1n) is 9.13. The Balaban J connectivity index is 1.71. The highest BCUT2D eigenvalue weighted by Gasteiger charge is 2.33. The fourth-order valence-corrected chi connectivity index (χ4v) is 3.02. The van der Waals surface area contributed by atoms with Crippen LogP contribution in [0.15, 0.2) is 0 Å². The number of ether oxygens (including phenoxy) is 3. The molecule has 25 heavy (non-hydrogen) atoms. The summed E-state index contributed by atoms with van der Waals surface area (Å²) < 4.78 is 16.9. The Bertz CT molecular complexity index is 424. The van der Waals surface area contributed by atoms with Crippen LogP contribution in [0.5, 0.6) is 0 Å². The molecule has 0 aromatic rings. The van der Waals surface area contributed by atoms with E-state index in [4.69, 9.17) is 14.2 Å². The summed E-state index contributed by atoms with van der Waals surface area (Å²) in [6, 6.07) is 0. The Morgan fingerprint density at radius 3 is 1.56 bits per heavy atom. The lowest BCUT2D eigenvalue weighted by atomic mass is 10.1. The molecule has 2 aliphatic rings. The van der Waals surface area contributed by atoms with Gasteiger partial charge in [0.25, 0.3) is 0 Å². The molecule has 0 saturated carbocycles. The molecule has 7 heteroatoms. The standard InChI is InChI=1S/C18H32N2O5/c1-17(2,24-15(21)13-5-7-19-9-13)11-23-12-18(3,4)25-16(22)14-6-8-20-10-14/h13-14,19-20H,5-12H2,1-4H3. The van der Waals surface area contributed by atoms with Gasteiger partial charge in [0, 0.05) is 13.1 Å². The zero-order valence-electron chi connectivity index (χ0n) is 15.9. The minimum Gasteiger partial charge on any atom is -0.457 e. The van der Waals surface area contributed by atoms with E-state index >= 15 is 0 Å². The van der Waals surface area contributed by atoms with Gasteiger partial charge in [-0.1, -0.05) is 0 Å². The second kappa shape index (κ2) is 8.47. The van der Waals surface area contributed by atoms with Crippen molar-refractivity contribution in [1.29, 1.82) is 0 Å². The summed E-state index contributed by atoms with van der Waals surface area (Å²) in [5.41, 5.74) is -1.43. The monoisotopic (exact) mass is 356 g/mol. The normalized spacial score (nSPS) is 24.3. The van der Waals surface area contributed by atoms with Crippen LogP contribution in [0.3, 0.4) is 0 Å². The minimum absolute atomic E-state index is 0.0725. The van der Waals surface area contributed by atoms with Crippen molar-refractivity contribution in [3.63, 3.8) is 0 Å². The molecular formula is C18H32N2O5. The average molecular weight is 356 g/mol. The van der Waals surface area contributed by atoms with Crippen LogP contribution >= 0.6 is 0 Å². The summed E-state index contributed by atoms with van der Waals surface area (Å²) in [5.74, 6) is -0.510. The van der Waals surface area contributed by atoms with Crippen LogP contribution < -0.4 is 10.6 Å². The lowest BCUT2D eigenvalue weighted by molar-refractivity contribution is -0.174. The van der Waals surface area contributed by atoms with Gasteiger partial charge in [0.1, 0.15) is 11.2 Å². The molecule has 0 amide bonds. The molecule has 144 valence electrons. The van der Waals surface area contributed by atoms with Gasteiger partial charge in [-0.2, -0.15) is 0 Å². The van der Waals surface area contributed by atoms with Gasteiger partial charge < -0.3 is 24.8 Å². The van der Waals surface area contributed by atoms with Gasteiger partial charge in [0.05, 0.1) is 25.0 Å². The molecule has 7 nitrogen and oxygen atoms in total. The van der Waals surface area contributed by atoms with Gasteiger partial charge in [0.15, 0.2) is 0 Å². The summed E-state index contributed by atoms with van der Waals surface area (Å²) >= 11 is 0. The summed E-state index contributed by atoms with van der Waals surface area (Å²) in [5, 5.41) is 6.32. The molecule has 0 aromatic carbocycles. The average Bonchev–Trinajstić information content (AvgIpc) is 3.19. The van der Waals surface area contributed by atoms with Crippen LogP contribution in [-0.2, 0) is 23.8 Å². The lowest BCUT2D eigenvalue weighted by Crippen LogP contribution is -2.40. The Labute approximate surface area is 150 Å². The third-order valence-corrected chi connectivity index (χ3v) is 4.44. The maximum atomic E-state index is 12.1. The van der Waals surface area contributed by atoms with Crippen molar-refractivity contribution < 1.29 is 23.8 Å². The summed E-state index contributed by atoms with van der Waals surface area (Å²) in [6.07, 6.45) is 1.63. The van der Waals surface area contributed by atoms with Gasteiger partial charge in [-0.15, -0.1) is 0 Å². The van der Waals surface area contributed by atoms with Crippen molar-refractivity contribution in [2.75, 3.05) is 39.4 Å². The SMILES string of the molecule is CC(C)(COCC(C)(C)OC(=O)C1CCNC1)OC(=O)C1CCNC1. The highest BCUT2D eigenvalue weighted by molar-refractivity contribution is 5.74. The Hall–Kier alpha value is -1.18. The summed E-state index contributed by atoms with van der Waals surface area (Å²) in [7, 11) is 0. The van der Waals surface area contributed by atoms with Gasteiger partial charge in [-0.25, -0.2) is 0 Å². The molecule has 2 rings (SSSR count). The number of carbonyl (C=O) groups is 2. The van der Waals surface area contributed by atoms with Crippen molar-refractivity contribution in [1.82, 2.24) is 10.6 Å². The molecule has 2 fully saturated rings. The predicted molar refractivity (Wildman–Crippen MR) is 93.1 cm³/mol. The zero-order valence-corrected chi connectivity index (χ0v) is 15.9. The van der Waals surface area contributed by atoms with Gasteiger partial charge in [0.2, 0.25) is 0 Å². The highest BCUT2D eigenvalue weighted by Crippen LogP contribution is 2.20. The van der Waals surface area contributed by atoms with E-state index in [-0.39, 0.29) is 37.0 Å². The Morgan fingerprint density at radius 2 is 1.24 bits per heavy atom. The van der Waals surface area contributed by atoms with E-state index in [1.54, 1.807) is 0 Å². The molecule has 0 bridgehead atoms. The quantitative estimate of drug-likeness (QED) is 0.624. The molecule has 2 unspecified atom stereocenters. The molecular weight excluding hydrogens is 324 g/mol. The number of esters is 2. The van der Waals surface area contributed by atoms with Gasteiger partial charge >= 0.3 is 11.9 Å². The second-order valence-corrected chi connectivity index (χ2v) is 8.23. The molecule has 0 aromatic heterocycles. The third-order valence-electron chi connectivity index (χ3n) is 4.44. The summed E-state index contributed by atoms with van der Waals surface area (Å²) in [6.45, 7) is 10.9. The third kappa shape index (κ3) is 6.56. The number of rotatable bonds is 8. The van der Waals surface area contributed by atoms with E-state index in [0.717, 1.165) is 25.9 Å². The fraction of sp³-hybridized carbons (Fsp3) is 0.889. The van der Waals surface area contributed by atoms with Crippen LogP contribution in [0.2, 0.25) is 0 Å². The smallest absolute Gasteiger partial charge is 0.310 e. The highest BCUT2D eigenvalue weighted by atomic mass is 16.6. The van der Waals surface area contributed by atoms with Crippen LogP contribution in [0.4, 0.5) is 0 Å². The van der Waals surface area contributed by atoms with Crippen molar-refractivity contribution in [3.05, 3.63) is 0 Å². The lowest BCUT2D eigenvalue weighted by Gasteiger charge is -2.30. The van der Waals surface area contributed by atoms with Crippen LogP contribution in [0.1, 0.15) is 40.5 Å². The van der Waals surface area contributed by atoms with Crippen molar-refractivity contribution in [3.8, 4) is 0 Å². The van der Waals surface area contributed by atoms with E-state index in [1.807, 2.05) is 27.7 Å². The maximum Gasteiger partial charge on any atom is 0.310 e. The second-order valence-electron chi connectivity index (χ2n) is 8.23. The molecule has 0 spiro atoms. The molecule has 2 heterocycles. The molecule has 2 saturated heterocycles. The molecule has 2 aliphatic heterocycles. The summed E-state index contributed by atoms with van der Waals surface area (Å²) in [4.78, 5) is 24.2. The zero-order chi connectivity index (χ0) is 18.5.